The number of carboxylic acid groups (broad SMARTS) is 1. The van der Waals surface area contributed by atoms with E-state index in [-0.39, 0.29) is 17.6 Å². The second-order valence-corrected chi connectivity index (χ2v) is 5.42. The zero-order valence-corrected chi connectivity index (χ0v) is 11.9. The van der Waals surface area contributed by atoms with Crippen LogP contribution < -0.4 is 10.6 Å². The van der Waals surface area contributed by atoms with Crippen molar-refractivity contribution in [1.82, 2.24) is 5.32 Å². The van der Waals surface area contributed by atoms with Crippen molar-refractivity contribution in [3.05, 3.63) is 29.6 Å². The van der Waals surface area contributed by atoms with Gasteiger partial charge in [0.25, 0.3) is 0 Å². The number of amides is 2. The molecule has 0 atom stereocenters. The molecule has 1 aromatic rings. The molecule has 0 aromatic heterocycles. The third kappa shape index (κ3) is 3.93. The number of rotatable bonds is 3. The molecular formula is C15H19FN2O3. The first-order valence-corrected chi connectivity index (χ1v) is 7.03. The van der Waals surface area contributed by atoms with Crippen molar-refractivity contribution in [2.24, 2.45) is 5.92 Å². The lowest BCUT2D eigenvalue weighted by Crippen LogP contribution is -2.41. The molecule has 21 heavy (non-hydrogen) atoms. The highest BCUT2D eigenvalue weighted by atomic mass is 19.1. The summed E-state index contributed by atoms with van der Waals surface area (Å²) in [4.78, 5) is 22.8. The summed E-state index contributed by atoms with van der Waals surface area (Å²) in [7, 11) is 0. The number of carboxylic acids is 1. The maximum atomic E-state index is 13.6. The van der Waals surface area contributed by atoms with Crippen LogP contribution in [-0.2, 0) is 4.79 Å². The highest BCUT2D eigenvalue weighted by Crippen LogP contribution is 2.24. The van der Waals surface area contributed by atoms with Crippen molar-refractivity contribution < 1.29 is 19.1 Å². The first kappa shape index (κ1) is 15.3. The molecule has 0 unspecified atom stereocenters. The van der Waals surface area contributed by atoms with E-state index in [1.807, 2.05) is 0 Å². The van der Waals surface area contributed by atoms with Crippen molar-refractivity contribution >= 4 is 17.7 Å². The van der Waals surface area contributed by atoms with Gasteiger partial charge >= 0.3 is 12.0 Å². The lowest BCUT2D eigenvalue weighted by molar-refractivity contribution is -0.142. The number of carbonyl (C=O) groups is 2. The second-order valence-electron chi connectivity index (χ2n) is 5.42. The smallest absolute Gasteiger partial charge is 0.319 e. The average molecular weight is 294 g/mol. The Balaban J connectivity index is 1.87. The van der Waals surface area contributed by atoms with Crippen molar-refractivity contribution in [2.75, 3.05) is 5.32 Å². The van der Waals surface area contributed by atoms with E-state index in [1.165, 1.54) is 6.07 Å². The van der Waals surface area contributed by atoms with Crippen molar-refractivity contribution in [2.45, 2.75) is 38.6 Å². The van der Waals surface area contributed by atoms with E-state index < -0.39 is 17.8 Å². The molecular weight excluding hydrogens is 275 g/mol. The van der Waals surface area contributed by atoms with Gasteiger partial charge in [-0.2, -0.15) is 0 Å². The fourth-order valence-electron chi connectivity index (χ4n) is 2.61. The lowest BCUT2D eigenvalue weighted by Gasteiger charge is -2.27. The van der Waals surface area contributed by atoms with E-state index in [0.29, 0.717) is 31.2 Å². The van der Waals surface area contributed by atoms with E-state index in [0.717, 1.165) is 0 Å². The number of carbonyl (C=O) groups excluding carboxylic acids is 1. The van der Waals surface area contributed by atoms with Gasteiger partial charge in [-0.25, -0.2) is 9.18 Å². The molecule has 0 bridgehead atoms. The standard InChI is InChI=1S/C15H19FN2O3/c1-9-3-2-4-12(16)13(9)18-15(21)17-11-7-5-10(6-8-11)14(19)20/h2-4,10-11H,5-8H2,1H3,(H,19,20)(H2,17,18,21). The Kier molecular flexibility index (Phi) is 4.77. The van der Waals surface area contributed by atoms with Gasteiger partial charge in [0.15, 0.2) is 0 Å². The molecule has 6 heteroatoms. The van der Waals surface area contributed by atoms with E-state index >= 15 is 0 Å². The molecule has 0 spiro atoms. The minimum absolute atomic E-state index is 0.0623. The summed E-state index contributed by atoms with van der Waals surface area (Å²) in [5.41, 5.74) is 0.828. The molecule has 5 nitrogen and oxygen atoms in total. The minimum atomic E-state index is -0.778. The van der Waals surface area contributed by atoms with E-state index in [2.05, 4.69) is 10.6 Å². The summed E-state index contributed by atoms with van der Waals surface area (Å²) in [5.74, 6) is -1.57. The highest BCUT2D eigenvalue weighted by Gasteiger charge is 2.26. The summed E-state index contributed by atoms with van der Waals surface area (Å²) in [6, 6.07) is 4.08. The number of aryl methyl sites for hydroxylation is 1. The Morgan fingerprint density at radius 3 is 2.48 bits per heavy atom. The van der Waals surface area contributed by atoms with Gasteiger partial charge < -0.3 is 15.7 Å². The Bertz CT molecular complexity index is 519. The predicted octanol–water partition coefficient (Wildman–Crippen LogP) is 2.90. The topological polar surface area (TPSA) is 78.4 Å². The Morgan fingerprint density at radius 2 is 1.90 bits per heavy atom. The number of halogens is 1. The van der Waals surface area contributed by atoms with Gasteiger partial charge in [0.2, 0.25) is 0 Å². The first-order valence-electron chi connectivity index (χ1n) is 7.03. The van der Waals surface area contributed by atoms with Gasteiger partial charge in [-0.1, -0.05) is 12.1 Å². The lowest BCUT2D eigenvalue weighted by atomic mass is 9.86. The van der Waals surface area contributed by atoms with Gasteiger partial charge in [-0.15, -0.1) is 0 Å². The molecule has 1 aliphatic rings. The quantitative estimate of drug-likeness (QED) is 0.802. The zero-order valence-electron chi connectivity index (χ0n) is 11.9. The fraction of sp³-hybridized carbons (Fsp3) is 0.467. The van der Waals surface area contributed by atoms with Crippen LogP contribution in [-0.4, -0.2) is 23.1 Å². The largest absolute Gasteiger partial charge is 0.481 e. The first-order chi connectivity index (χ1) is 9.97. The number of anilines is 1. The maximum absolute atomic E-state index is 13.6. The number of nitrogens with one attached hydrogen (secondary N) is 2. The summed E-state index contributed by atoms with van der Waals surface area (Å²) < 4.78 is 13.6. The fourth-order valence-corrected chi connectivity index (χ4v) is 2.61. The second kappa shape index (κ2) is 6.56. The third-order valence-electron chi connectivity index (χ3n) is 3.87. The molecule has 0 saturated heterocycles. The van der Waals surface area contributed by atoms with Crippen LogP contribution in [0.4, 0.5) is 14.9 Å². The van der Waals surface area contributed by atoms with Gasteiger partial charge in [-0.05, 0) is 44.2 Å². The predicted molar refractivity (Wildman–Crippen MR) is 76.7 cm³/mol. The van der Waals surface area contributed by atoms with Gasteiger partial charge in [0.1, 0.15) is 5.82 Å². The molecule has 0 radical (unpaired) electrons. The molecule has 2 rings (SSSR count). The Labute approximate surface area is 122 Å². The van der Waals surface area contributed by atoms with Crippen LogP contribution in [0.5, 0.6) is 0 Å². The van der Waals surface area contributed by atoms with Crippen LogP contribution in [0.15, 0.2) is 18.2 Å². The minimum Gasteiger partial charge on any atom is -0.481 e. The van der Waals surface area contributed by atoms with Crippen LogP contribution in [0.3, 0.4) is 0 Å². The number of urea groups is 1. The van der Waals surface area contributed by atoms with Crippen molar-refractivity contribution in [3.63, 3.8) is 0 Å². The Morgan fingerprint density at radius 1 is 1.24 bits per heavy atom. The van der Waals surface area contributed by atoms with Gasteiger partial charge in [-0.3, -0.25) is 4.79 Å². The van der Waals surface area contributed by atoms with Crippen LogP contribution in [0.2, 0.25) is 0 Å². The number of benzene rings is 1. The molecule has 114 valence electrons. The molecule has 3 N–H and O–H groups in total. The van der Waals surface area contributed by atoms with Crippen LogP contribution in [0, 0.1) is 18.7 Å². The van der Waals surface area contributed by atoms with E-state index in [1.54, 1.807) is 19.1 Å². The molecule has 1 fully saturated rings. The van der Waals surface area contributed by atoms with Gasteiger partial charge in [0.05, 0.1) is 11.6 Å². The summed E-state index contributed by atoms with van der Waals surface area (Å²) >= 11 is 0. The summed E-state index contributed by atoms with van der Waals surface area (Å²) in [6.07, 6.45) is 2.36. The van der Waals surface area contributed by atoms with Crippen molar-refractivity contribution in [1.29, 1.82) is 0 Å². The Hall–Kier alpha value is -2.11. The van der Waals surface area contributed by atoms with Crippen molar-refractivity contribution in [3.8, 4) is 0 Å². The summed E-state index contributed by atoms with van der Waals surface area (Å²) in [5, 5.41) is 14.2. The monoisotopic (exact) mass is 294 g/mol. The number of hydrogen-bond acceptors (Lipinski definition) is 2. The third-order valence-corrected chi connectivity index (χ3v) is 3.87. The zero-order chi connectivity index (χ0) is 15.4. The SMILES string of the molecule is Cc1cccc(F)c1NC(=O)NC1CCC(C(=O)O)CC1. The molecule has 2 amide bonds. The van der Waals surface area contributed by atoms with E-state index in [9.17, 15) is 14.0 Å². The van der Waals surface area contributed by atoms with Crippen LogP contribution in [0.25, 0.3) is 0 Å². The number of aliphatic carboxylic acids is 1. The maximum Gasteiger partial charge on any atom is 0.319 e. The highest BCUT2D eigenvalue weighted by molar-refractivity contribution is 5.90. The van der Waals surface area contributed by atoms with Crippen LogP contribution in [0.1, 0.15) is 31.2 Å². The normalized spacial score (nSPS) is 21.6. The molecule has 1 aromatic carbocycles. The summed E-state index contributed by atoms with van der Waals surface area (Å²) in [6.45, 7) is 1.72. The number of para-hydroxylation sites is 1. The molecule has 1 aliphatic carbocycles. The van der Waals surface area contributed by atoms with Crippen LogP contribution >= 0.6 is 0 Å². The molecule has 1 saturated carbocycles. The average Bonchev–Trinajstić information content (AvgIpc) is 2.43. The van der Waals surface area contributed by atoms with E-state index in [4.69, 9.17) is 5.11 Å². The molecule has 0 aliphatic heterocycles. The molecule has 0 heterocycles. The van der Waals surface area contributed by atoms with Gasteiger partial charge in [0, 0.05) is 6.04 Å². The number of hydrogen-bond donors (Lipinski definition) is 3.